The number of carbonyl (C=O) groups is 2. The highest BCUT2D eigenvalue weighted by Crippen LogP contribution is 2.42. The maximum absolute atomic E-state index is 12.4. The van der Waals surface area contributed by atoms with E-state index in [0.717, 1.165) is 17.8 Å². The average Bonchev–Trinajstić information content (AvgIpc) is 3.02. The normalized spacial score (nSPS) is 15.4. The molecule has 8 heteroatoms. The fourth-order valence-corrected chi connectivity index (χ4v) is 3.03. The zero-order valence-corrected chi connectivity index (χ0v) is 13.7. The highest BCUT2D eigenvalue weighted by molar-refractivity contribution is 7.15. The Kier molecular flexibility index (Phi) is 4.42. The van der Waals surface area contributed by atoms with Gasteiger partial charge in [0.1, 0.15) is 11.0 Å². The van der Waals surface area contributed by atoms with Crippen molar-refractivity contribution in [3.05, 3.63) is 29.2 Å². The van der Waals surface area contributed by atoms with Crippen LogP contribution in [0, 0.1) is 5.92 Å². The van der Waals surface area contributed by atoms with Gasteiger partial charge in [-0.3, -0.25) is 14.9 Å². The minimum Gasteiger partial charge on any atom is -0.459 e. The van der Waals surface area contributed by atoms with Crippen LogP contribution in [0.3, 0.4) is 0 Å². The number of hydrogen-bond acceptors (Lipinski definition) is 6. The largest absolute Gasteiger partial charge is 0.459 e. The van der Waals surface area contributed by atoms with E-state index in [1.807, 2.05) is 13.8 Å². The van der Waals surface area contributed by atoms with Gasteiger partial charge in [-0.25, -0.2) is 0 Å². The summed E-state index contributed by atoms with van der Waals surface area (Å²) in [6, 6.07) is 2.50. The molecule has 1 atom stereocenters. The number of carbonyl (C=O) groups excluding carboxylic acids is 2. The van der Waals surface area contributed by atoms with E-state index in [2.05, 4.69) is 20.8 Å². The second-order valence-electron chi connectivity index (χ2n) is 5.88. The van der Waals surface area contributed by atoms with Gasteiger partial charge in [0.2, 0.25) is 11.0 Å². The van der Waals surface area contributed by atoms with Crippen molar-refractivity contribution in [1.29, 1.82) is 0 Å². The topological polar surface area (TPSA) is 97.1 Å². The number of amides is 2. The zero-order chi connectivity index (χ0) is 16.4. The standard InChI is InChI=1S/C15H18N4O3S/c1-8(2)11(16-12(20)10-4-3-7-22-10)13(21)17-15-19-18-14(23-15)9-5-6-9/h3-4,7-9,11H,5-6H2,1-2H3,(H,16,20)(H,17,19,21). The Bertz CT molecular complexity index is 691. The van der Waals surface area contributed by atoms with Crippen molar-refractivity contribution in [3.8, 4) is 0 Å². The van der Waals surface area contributed by atoms with Gasteiger partial charge in [-0.1, -0.05) is 25.2 Å². The van der Waals surface area contributed by atoms with E-state index in [0.29, 0.717) is 11.0 Å². The maximum Gasteiger partial charge on any atom is 0.287 e. The lowest BCUT2D eigenvalue weighted by Gasteiger charge is -2.20. The summed E-state index contributed by atoms with van der Waals surface area (Å²) in [5.41, 5.74) is 0. The summed E-state index contributed by atoms with van der Waals surface area (Å²) in [5, 5.41) is 14.9. The molecule has 1 aliphatic carbocycles. The molecule has 3 rings (SSSR count). The Balaban J connectivity index is 1.64. The van der Waals surface area contributed by atoms with Crippen molar-refractivity contribution < 1.29 is 14.0 Å². The van der Waals surface area contributed by atoms with Gasteiger partial charge in [-0.2, -0.15) is 0 Å². The summed E-state index contributed by atoms with van der Waals surface area (Å²) in [6.07, 6.45) is 3.69. The number of aromatic nitrogens is 2. The summed E-state index contributed by atoms with van der Waals surface area (Å²) >= 11 is 1.39. The van der Waals surface area contributed by atoms with Crippen LogP contribution in [0.15, 0.2) is 22.8 Å². The molecule has 2 amide bonds. The lowest BCUT2D eigenvalue weighted by molar-refractivity contribution is -0.118. The Morgan fingerprint density at radius 1 is 1.35 bits per heavy atom. The molecule has 2 aromatic heterocycles. The van der Waals surface area contributed by atoms with Crippen LogP contribution >= 0.6 is 11.3 Å². The summed E-state index contributed by atoms with van der Waals surface area (Å²) < 4.78 is 5.05. The van der Waals surface area contributed by atoms with Gasteiger partial charge in [0.25, 0.3) is 5.91 Å². The molecular formula is C15H18N4O3S. The maximum atomic E-state index is 12.4. The molecule has 23 heavy (non-hydrogen) atoms. The van der Waals surface area contributed by atoms with Gasteiger partial charge in [0, 0.05) is 5.92 Å². The SMILES string of the molecule is CC(C)C(NC(=O)c1ccco1)C(=O)Nc1nnc(C2CC2)s1. The monoisotopic (exact) mass is 334 g/mol. The van der Waals surface area contributed by atoms with Crippen LogP contribution in [-0.2, 0) is 4.79 Å². The van der Waals surface area contributed by atoms with Crippen molar-refractivity contribution in [2.24, 2.45) is 5.92 Å². The Morgan fingerprint density at radius 3 is 2.74 bits per heavy atom. The highest BCUT2D eigenvalue weighted by Gasteiger charge is 2.29. The van der Waals surface area contributed by atoms with E-state index in [4.69, 9.17) is 4.42 Å². The van der Waals surface area contributed by atoms with E-state index in [-0.39, 0.29) is 17.6 Å². The first-order valence-electron chi connectivity index (χ1n) is 7.53. The van der Waals surface area contributed by atoms with E-state index in [1.54, 1.807) is 12.1 Å². The summed E-state index contributed by atoms with van der Waals surface area (Å²) in [4.78, 5) is 24.5. The molecule has 0 bridgehead atoms. The number of anilines is 1. The van der Waals surface area contributed by atoms with Crippen LogP contribution in [0.2, 0.25) is 0 Å². The predicted octanol–water partition coefficient (Wildman–Crippen LogP) is 2.40. The van der Waals surface area contributed by atoms with Crippen molar-refractivity contribution in [3.63, 3.8) is 0 Å². The molecule has 2 heterocycles. The molecule has 1 fully saturated rings. The summed E-state index contributed by atoms with van der Waals surface area (Å²) in [6.45, 7) is 3.73. The molecular weight excluding hydrogens is 316 g/mol. The fraction of sp³-hybridized carbons (Fsp3) is 0.467. The van der Waals surface area contributed by atoms with E-state index >= 15 is 0 Å². The first kappa shape index (κ1) is 15.7. The first-order chi connectivity index (χ1) is 11.0. The molecule has 1 aliphatic rings. The van der Waals surface area contributed by atoms with E-state index in [1.165, 1.54) is 17.6 Å². The van der Waals surface area contributed by atoms with Crippen LogP contribution in [0.1, 0.15) is 48.2 Å². The number of furan rings is 1. The molecule has 0 radical (unpaired) electrons. The van der Waals surface area contributed by atoms with Crippen LogP contribution in [-0.4, -0.2) is 28.1 Å². The summed E-state index contributed by atoms with van der Waals surface area (Å²) in [5.74, 6) is -0.129. The first-order valence-corrected chi connectivity index (χ1v) is 8.35. The molecule has 2 N–H and O–H groups in total. The predicted molar refractivity (Wildman–Crippen MR) is 85.3 cm³/mol. The number of nitrogens with one attached hydrogen (secondary N) is 2. The van der Waals surface area contributed by atoms with Crippen molar-refractivity contribution in [1.82, 2.24) is 15.5 Å². The second kappa shape index (κ2) is 6.49. The lowest BCUT2D eigenvalue weighted by atomic mass is 10.0. The quantitative estimate of drug-likeness (QED) is 0.845. The number of rotatable bonds is 6. The molecule has 1 saturated carbocycles. The van der Waals surface area contributed by atoms with Gasteiger partial charge < -0.3 is 9.73 Å². The lowest BCUT2D eigenvalue weighted by Crippen LogP contribution is -2.47. The van der Waals surface area contributed by atoms with Gasteiger partial charge in [-0.15, -0.1) is 10.2 Å². The third-order valence-electron chi connectivity index (χ3n) is 3.58. The van der Waals surface area contributed by atoms with Gasteiger partial charge >= 0.3 is 0 Å². The molecule has 7 nitrogen and oxygen atoms in total. The molecule has 0 saturated heterocycles. The van der Waals surface area contributed by atoms with Crippen LogP contribution in [0.4, 0.5) is 5.13 Å². The molecule has 0 aliphatic heterocycles. The second-order valence-corrected chi connectivity index (χ2v) is 6.89. The molecule has 2 aromatic rings. The van der Waals surface area contributed by atoms with Crippen LogP contribution in [0.5, 0.6) is 0 Å². The number of hydrogen-bond donors (Lipinski definition) is 2. The molecule has 0 spiro atoms. The zero-order valence-electron chi connectivity index (χ0n) is 12.9. The van der Waals surface area contributed by atoms with Crippen molar-refractivity contribution >= 4 is 28.3 Å². The minimum atomic E-state index is -0.680. The summed E-state index contributed by atoms with van der Waals surface area (Å²) in [7, 11) is 0. The Hall–Kier alpha value is -2.22. The molecule has 122 valence electrons. The van der Waals surface area contributed by atoms with E-state index in [9.17, 15) is 9.59 Å². The molecule has 0 aromatic carbocycles. The third-order valence-corrected chi connectivity index (χ3v) is 4.58. The van der Waals surface area contributed by atoms with Crippen molar-refractivity contribution in [2.45, 2.75) is 38.6 Å². The smallest absolute Gasteiger partial charge is 0.287 e. The van der Waals surface area contributed by atoms with E-state index < -0.39 is 11.9 Å². The van der Waals surface area contributed by atoms with Crippen LogP contribution in [0.25, 0.3) is 0 Å². The average molecular weight is 334 g/mol. The van der Waals surface area contributed by atoms with Gasteiger partial charge in [0.05, 0.1) is 6.26 Å². The Morgan fingerprint density at radius 2 is 2.13 bits per heavy atom. The fourth-order valence-electron chi connectivity index (χ4n) is 2.12. The number of nitrogens with zero attached hydrogens (tertiary/aromatic N) is 2. The third kappa shape index (κ3) is 3.76. The highest BCUT2D eigenvalue weighted by atomic mass is 32.1. The molecule has 1 unspecified atom stereocenters. The van der Waals surface area contributed by atoms with Crippen LogP contribution < -0.4 is 10.6 Å². The van der Waals surface area contributed by atoms with Gasteiger partial charge in [0.15, 0.2) is 5.76 Å². The Labute approximate surface area is 137 Å². The van der Waals surface area contributed by atoms with Gasteiger partial charge in [-0.05, 0) is 30.9 Å². The van der Waals surface area contributed by atoms with Crippen molar-refractivity contribution in [2.75, 3.05) is 5.32 Å². The minimum absolute atomic E-state index is 0.0789.